The highest BCUT2D eigenvalue weighted by atomic mass is 16.5. The summed E-state index contributed by atoms with van der Waals surface area (Å²) in [6.45, 7) is 3.99. The van der Waals surface area contributed by atoms with Gasteiger partial charge < -0.3 is 10.1 Å². The Hall–Kier alpha value is -0.930. The minimum Gasteiger partial charge on any atom is -0.377 e. The van der Waals surface area contributed by atoms with E-state index in [4.69, 9.17) is 4.74 Å². The summed E-state index contributed by atoms with van der Waals surface area (Å²) in [5.74, 6) is 0. The maximum atomic E-state index is 5.68. The fourth-order valence-corrected chi connectivity index (χ4v) is 2.01. The van der Waals surface area contributed by atoms with E-state index in [1.165, 1.54) is 19.3 Å². The van der Waals surface area contributed by atoms with Crippen LogP contribution in [0.4, 0.5) is 0 Å². The zero-order chi connectivity index (χ0) is 11.2. The van der Waals surface area contributed by atoms with E-state index in [9.17, 15) is 0 Å². The Balaban J connectivity index is 1.77. The maximum Gasteiger partial charge on any atom is 0.0699 e. The average molecular weight is 220 g/mol. The van der Waals surface area contributed by atoms with Gasteiger partial charge in [-0.05, 0) is 38.3 Å². The average Bonchev–Trinajstić information content (AvgIpc) is 2.38. The molecular weight excluding hydrogens is 200 g/mol. The van der Waals surface area contributed by atoms with Crippen molar-refractivity contribution in [3.8, 4) is 0 Å². The van der Waals surface area contributed by atoms with Gasteiger partial charge in [-0.15, -0.1) is 0 Å². The Morgan fingerprint density at radius 1 is 1.50 bits per heavy atom. The monoisotopic (exact) mass is 220 g/mol. The molecule has 0 aromatic carbocycles. The molecule has 0 spiro atoms. The van der Waals surface area contributed by atoms with Crippen LogP contribution in [0.5, 0.6) is 0 Å². The first-order valence-electron chi connectivity index (χ1n) is 6.12. The van der Waals surface area contributed by atoms with E-state index in [0.717, 1.165) is 18.8 Å². The second-order valence-electron chi connectivity index (χ2n) is 4.37. The van der Waals surface area contributed by atoms with Gasteiger partial charge in [0.2, 0.25) is 0 Å². The maximum absolute atomic E-state index is 5.68. The predicted molar refractivity (Wildman–Crippen MR) is 64.2 cm³/mol. The molecule has 1 saturated heterocycles. The van der Waals surface area contributed by atoms with Crippen LogP contribution < -0.4 is 5.32 Å². The van der Waals surface area contributed by atoms with E-state index in [1.54, 1.807) is 0 Å². The molecule has 0 amide bonds. The van der Waals surface area contributed by atoms with E-state index in [2.05, 4.69) is 23.3 Å². The third-order valence-corrected chi connectivity index (χ3v) is 3.06. The second-order valence-corrected chi connectivity index (χ2v) is 4.37. The Bertz CT molecular complexity index is 296. The molecule has 0 saturated carbocycles. The standard InChI is InChI=1S/C13H20N2O/c1-11(13-7-2-4-8-14-13)15-10-12-6-3-5-9-16-12/h2,4,7-8,11-12,15H,3,5-6,9-10H2,1H3. The molecule has 2 atom stereocenters. The summed E-state index contributed by atoms with van der Waals surface area (Å²) >= 11 is 0. The van der Waals surface area contributed by atoms with Crippen molar-refractivity contribution in [3.63, 3.8) is 0 Å². The van der Waals surface area contributed by atoms with Crippen molar-refractivity contribution in [1.29, 1.82) is 0 Å². The number of pyridine rings is 1. The van der Waals surface area contributed by atoms with Gasteiger partial charge in [0.05, 0.1) is 11.8 Å². The first-order chi connectivity index (χ1) is 7.86. The molecule has 2 heterocycles. The van der Waals surface area contributed by atoms with Crippen LogP contribution in [-0.4, -0.2) is 24.2 Å². The molecule has 1 aliphatic rings. The predicted octanol–water partition coefficient (Wildman–Crippen LogP) is 2.30. The summed E-state index contributed by atoms with van der Waals surface area (Å²) < 4.78 is 5.68. The summed E-state index contributed by atoms with van der Waals surface area (Å²) in [4.78, 5) is 4.34. The lowest BCUT2D eigenvalue weighted by Gasteiger charge is -2.24. The summed E-state index contributed by atoms with van der Waals surface area (Å²) in [6.07, 6.45) is 5.92. The first kappa shape index (κ1) is 11.6. The van der Waals surface area contributed by atoms with Gasteiger partial charge in [0.25, 0.3) is 0 Å². The van der Waals surface area contributed by atoms with Gasteiger partial charge in [-0.2, -0.15) is 0 Å². The Kier molecular flexibility index (Phi) is 4.31. The van der Waals surface area contributed by atoms with Crippen molar-refractivity contribution < 1.29 is 4.74 Å². The van der Waals surface area contributed by atoms with Crippen molar-refractivity contribution in [2.45, 2.75) is 38.3 Å². The van der Waals surface area contributed by atoms with Crippen LogP contribution in [0.15, 0.2) is 24.4 Å². The highest BCUT2D eigenvalue weighted by molar-refractivity contribution is 5.07. The fourth-order valence-electron chi connectivity index (χ4n) is 2.01. The quantitative estimate of drug-likeness (QED) is 0.845. The zero-order valence-electron chi connectivity index (χ0n) is 9.86. The molecule has 1 aromatic rings. The van der Waals surface area contributed by atoms with Crippen LogP contribution in [-0.2, 0) is 4.74 Å². The van der Waals surface area contributed by atoms with Crippen molar-refractivity contribution in [1.82, 2.24) is 10.3 Å². The largest absolute Gasteiger partial charge is 0.377 e. The Labute approximate surface area is 97.2 Å². The molecule has 1 fully saturated rings. The van der Waals surface area contributed by atoms with Crippen LogP contribution in [0.1, 0.15) is 37.9 Å². The summed E-state index contributed by atoms with van der Waals surface area (Å²) in [5, 5.41) is 3.48. The molecule has 2 rings (SSSR count). The van der Waals surface area contributed by atoms with Crippen molar-refractivity contribution in [3.05, 3.63) is 30.1 Å². The number of ether oxygens (including phenoxy) is 1. The molecule has 0 bridgehead atoms. The smallest absolute Gasteiger partial charge is 0.0699 e. The molecule has 88 valence electrons. The number of nitrogens with one attached hydrogen (secondary N) is 1. The normalized spacial score (nSPS) is 22.9. The van der Waals surface area contributed by atoms with Gasteiger partial charge in [0.15, 0.2) is 0 Å². The summed E-state index contributed by atoms with van der Waals surface area (Å²) in [5.41, 5.74) is 1.10. The number of hydrogen-bond donors (Lipinski definition) is 1. The lowest BCUT2D eigenvalue weighted by atomic mass is 10.1. The van der Waals surface area contributed by atoms with Crippen LogP contribution in [0.3, 0.4) is 0 Å². The van der Waals surface area contributed by atoms with E-state index in [0.29, 0.717) is 12.1 Å². The second kappa shape index (κ2) is 5.97. The van der Waals surface area contributed by atoms with Crippen molar-refractivity contribution in [2.75, 3.05) is 13.2 Å². The molecule has 2 unspecified atom stereocenters. The molecule has 3 heteroatoms. The zero-order valence-corrected chi connectivity index (χ0v) is 9.86. The molecule has 16 heavy (non-hydrogen) atoms. The van der Waals surface area contributed by atoms with Gasteiger partial charge in [-0.1, -0.05) is 6.07 Å². The van der Waals surface area contributed by atoms with Gasteiger partial charge in [0, 0.05) is 25.4 Å². The molecular formula is C13H20N2O. The van der Waals surface area contributed by atoms with Crippen LogP contribution in [0.2, 0.25) is 0 Å². The Morgan fingerprint density at radius 3 is 3.12 bits per heavy atom. The van der Waals surface area contributed by atoms with Crippen LogP contribution in [0.25, 0.3) is 0 Å². The molecule has 1 N–H and O–H groups in total. The van der Waals surface area contributed by atoms with Crippen LogP contribution in [0, 0.1) is 0 Å². The molecule has 0 radical (unpaired) electrons. The number of nitrogens with zero attached hydrogens (tertiary/aromatic N) is 1. The fraction of sp³-hybridized carbons (Fsp3) is 0.615. The molecule has 1 aromatic heterocycles. The van der Waals surface area contributed by atoms with Crippen molar-refractivity contribution >= 4 is 0 Å². The third-order valence-electron chi connectivity index (χ3n) is 3.06. The number of aromatic nitrogens is 1. The lowest BCUT2D eigenvalue weighted by molar-refractivity contribution is 0.0156. The SMILES string of the molecule is CC(NCC1CCCCO1)c1ccccn1. The molecule has 3 nitrogen and oxygen atoms in total. The highest BCUT2D eigenvalue weighted by Gasteiger charge is 2.15. The summed E-state index contributed by atoms with van der Waals surface area (Å²) in [7, 11) is 0. The number of rotatable bonds is 4. The van der Waals surface area contributed by atoms with Gasteiger partial charge in [-0.3, -0.25) is 4.98 Å². The summed E-state index contributed by atoms with van der Waals surface area (Å²) in [6, 6.07) is 6.32. The van der Waals surface area contributed by atoms with E-state index in [1.807, 2.05) is 18.3 Å². The van der Waals surface area contributed by atoms with Crippen LogP contribution >= 0.6 is 0 Å². The lowest BCUT2D eigenvalue weighted by Crippen LogP contribution is -2.33. The van der Waals surface area contributed by atoms with E-state index < -0.39 is 0 Å². The third kappa shape index (κ3) is 3.29. The van der Waals surface area contributed by atoms with Gasteiger partial charge in [0.1, 0.15) is 0 Å². The van der Waals surface area contributed by atoms with Gasteiger partial charge in [-0.25, -0.2) is 0 Å². The first-order valence-corrected chi connectivity index (χ1v) is 6.12. The molecule has 1 aliphatic heterocycles. The molecule has 0 aliphatic carbocycles. The Morgan fingerprint density at radius 2 is 2.44 bits per heavy atom. The topological polar surface area (TPSA) is 34.1 Å². The van der Waals surface area contributed by atoms with Crippen molar-refractivity contribution in [2.24, 2.45) is 0 Å². The highest BCUT2D eigenvalue weighted by Crippen LogP contribution is 2.13. The van der Waals surface area contributed by atoms with Gasteiger partial charge >= 0.3 is 0 Å². The van der Waals surface area contributed by atoms with E-state index in [-0.39, 0.29) is 0 Å². The minimum absolute atomic E-state index is 0.298. The number of hydrogen-bond acceptors (Lipinski definition) is 3. The van der Waals surface area contributed by atoms with E-state index >= 15 is 0 Å². The minimum atomic E-state index is 0.298.